The van der Waals surface area contributed by atoms with E-state index in [0.717, 1.165) is 11.3 Å². The molecule has 0 spiro atoms. The molecule has 0 aliphatic carbocycles. The van der Waals surface area contributed by atoms with Crippen LogP contribution >= 0.6 is 0 Å². The van der Waals surface area contributed by atoms with Gasteiger partial charge in [0.15, 0.2) is 0 Å². The topological polar surface area (TPSA) is 62.2 Å². The molecule has 0 bridgehead atoms. The normalized spacial score (nSPS) is 11.2. The van der Waals surface area contributed by atoms with Gasteiger partial charge >= 0.3 is 5.97 Å². The van der Waals surface area contributed by atoms with Gasteiger partial charge in [-0.1, -0.05) is 13.8 Å². The first-order valence-electron chi connectivity index (χ1n) is 5.48. The van der Waals surface area contributed by atoms with E-state index >= 15 is 0 Å². The number of carboxylic acids is 1. The van der Waals surface area contributed by atoms with E-state index in [1.165, 1.54) is 0 Å². The number of carboxylic acid groups (broad SMARTS) is 1. The number of nitrogens with zero attached hydrogens (tertiary/aromatic N) is 1. The molecule has 1 rings (SSSR count). The standard InChI is InChI=1S/C12H18N2O2/c1-4-12(5-2,11(15)16)14-10-6-7-13-8-9(10)3/h6-8H,4-5H2,1-3H3,(H,13,14)(H,15,16). The molecule has 0 saturated heterocycles. The number of anilines is 1. The number of pyridine rings is 1. The van der Waals surface area contributed by atoms with Crippen molar-refractivity contribution in [2.45, 2.75) is 39.2 Å². The molecule has 0 fully saturated rings. The summed E-state index contributed by atoms with van der Waals surface area (Å²) in [6.07, 6.45) is 4.47. The van der Waals surface area contributed by atoms with Gasteiger partial charge < -0.3 is 10.4 Å². The van der Waals surface area contributed by atoms with E-state index in [4.69, 9.17) is 0 Å². The Kier molecular flexibility index (Phi) is 3.88. The third-order valence-corrected chi connectivity index (χ3v) is 3.01. The van der Waals surface area contributed by atoms with E-state index < -0.39 is 11.5 Å². The number of carbonyl (C=O) groups is 1. The van der Waals surface area contributed by atoms with Crippen LogP contribution in [0, 0.1) is 6.92 Å². The van der Waals surface area contributed by atoms with Crippen molar-refractivity contribution in [1.29, 1.82) is 0 Å². The molecule has 0 aliphatic rings. The summed E-state index contributed by atoms with van der Waals surface area (Å²) in [5.74, 6) is -0.811. The molecule has 1 aromatic rings. The number of hydrogen-bond donors (Lipinski definition) is 2. The van der Waals surface area contributed by atoms with E-state index in [1.54, 1.807) is 18.5 Å². The van der Waals surface area contributed by atoms with Gasteiger partial charge in [-0.2, -0.15) is 0 Å². The second-order valence-corrected chi connectivity index (χ2v) is 3.91. The molecule has 0 saturated carbocycles. The number of hydrogen-bond acceptors (Lipinski definition) is 3. The van der Waals surface area contributed by atoms with E-state index in [1.807, 2.05) is 20.8 Å². The molecular formula is C12H18N2O2. The van der Waals surface area contributed by atoms with Crippen molar-refractivity contribution in [2.24, 2.45) is 0 Å². The van der Waals surface area contributed by atoms with Gasteiger partial charge in [-0.3, -0.25) is 4.98 Å². The zero-order valence-corrected chi connectivity index (χ0v) is 9.95. The van der Waals surface area contributed by atoms with Crippen LogP contribution in [-0.4, -0.2) is 21.6 Å². The van der Waals surface area contributed by atoms with Crippen LogP contribution in [0.5, 0.6) is 0 Å². The Morgan fingerprint density at radius 2 is 2.12 bits per heavy atom. The molecule has 0 radical (unpaired) electrons. The van der Waals surface area contributed by atoms with Crippen molar-refractivity contribution in [3.63, 3.8) is 0 Å². The molecule has 88 valence electrons. The lowest BCUT2D eigenvalue weighted by molar-refractivity contribution is -0.142. The van der Waals surface area contributed by atoms with Crippen molar-refractivity contribution < 1.29 is 9.90 Å². The minimum absolute atomic E-state index is 0.542. The highest BCUT2D eigenvalue weighted by atomic mass is 16.4. The van der Waals surface area contributed by atoms with Gasteiger partial charge in [0.05, 0.1) is 0 Å². The Bertz CT molecular complexity index is 373. The molecule has 0 aliphatic heterocycles. The van der Waals surface area contributed by atoms with Crippen molar-refractivity contribution in [1.82, 2.24) is 4.98 Å². The summed E-state index contributed by atoms with van der Waals surface area (Å²) >= 11 is 0. The summed E-state index contributed by atoms with van der Waals surface area (Å²) in [7, 11) is 0. The summed E-state index contributed by atoms with van der Waals surface area (Å²) in [6.45, 7) is 5.66. The number of aromatic nitrogens is 1. The van der Waals surface area contributed by atoms with Crippen LogP contribution in [0.15, 0.2) is 18.5 Å². The molecule has 0 amide bonds. The summed E-state index contributed by atoms with van der Waals surface area (Å²) in [6, 6.07) is 1.80. The van der Waals surface area contributed by atoms with Crippen LogP contribution in [0.1, 0.15) is 32.3 Å². The lowest BCUT2D eigenvalue weighted by Gasteiger charge is -2.29. The van der Waals surface area contributed by atoms with Gasteiger partial charge in [-0.25, -0.2) is 4.79 Å². The third kappa shape index (κ3) is 2.32. The molecule has 0 atom stereocenters. The largest absolute Gasteiger partial charge is 0.480 e. The number of rotatable bonds is 5. The highest BCUT2D eigenvalue weighted by Crippen LogP contribution is 2.24. The minimum atomic E-state index is -0.883. The smallest absolute Gasteiger partial charge is 0.329 e. The molecule has 16 heavy (non-hydrogen) atoms. The van der Waals surface area contributed by atoms with Crippen molar-refractivity contribution in [3.05, 3.63) is 24.0 Å². The number of aryl methyl sites for hydroxylation is 1. The fourth-order valence-corrected chi connectivity index (χ4v) is 1.65. The van der Waals surface area contributed by atoms with Gasteiger partial charge in [0, 0.05) is 18.1 Å². The molecular weight excluding hydrogens is 204 g/mol. The molecule has 2 N–H and O–H groups in total. The maximum absolute atomic E-state index is 11.3. The molecule has 1 aromatic heterocycles. The first-order chi connectivity index (χ1) is 7.55. The van der Waals surface area contributed by atoms with Crippen LogP contribution in [0.3, 0.4) is 0 Å². The van der Waals surface area contributed by atoms with Crippen LogP contribution in [0.25, 0.3) is 0 Å². The van der Waals surface area contributed by atoms with Gasteiger partial charge in [0.2, 0.25) is 0 Å². The van der Waals surface area contributed by atoms with Crippen LogP contribution in [0.2, 0.25) is 0 Å². The van der Waals surface area contributed by atoms with Crippen molar-refractivity contribution in [2.75, 3.05) is 5.32 Å². The molecule has 4 nitrogen and oxygen atoms in total. The van der Waals surface area contributed by atoms with Gasteiger partial charge in [-0.15, -0.1) is 0 Å². The van der Waals surface area contributed by atoms with Gasteiger partial charge in [0.25, 0.3) is 0 Å². The number of aliphatic carboxylic acids is 1. The predicted octanol–water partition coefficient (Wildman–Crippen LogP) is 2.45. The molecule has 0 aromatic carbocycles. The maximum Gasteiger partial charge on any atom is 0.329 e. The minimum Gasteiger partial charge on any atom is -0.480 e. The molecule has 4 heteroatoms. The second kappa shape index (κ2) is 4.96. The fourth-order valence-electron chi connectivity index (χ4n) is 1.65. The van der Waals surface area contributed by atoms with E-state index in [2.05, 4.69) is 10.3 Å². The Labute approximate surface area is 95.7 Å². The van der Waals surface area contributed by atoms with Crippen molar-refractivity contribution >= 4 is 11.7 Å². The number of nitrogens with one attached hydrogen (secondary N) is 1. The summed E-state index contributed by atoms with van der Waals surface area (Å²) in [5.41, 5.74) is 0.905. The van der Waals surface area contributed by atoms with E-state index in [0.29, 0.717) is 12.8 Å². The fraction of sp³-hybridized carbons (Fsp3) is 0.500. The van der Waals surface area contributed by atoms with Gasteiger partial charge in [-0.05, 0) is 31.4 Å². The Morgan fingerprint density at radius 1 is 1.50 bits per heavy atom. The maximum atomic E-state index is 11.3. The molecule has 0 unspecified atom stereocenters. The average molecular weight is 222 g/mol. The van der Waals surface area contributed by atoms with E-state index in [9.17, 15) is 9.90 Å². The van der Waals surface area contributed by atoms with Gasteiger partial charge in [0.1, 0.15) is 5.54 Å². The lowest BCUT2D eigenvalue weighted by atomic mass is 9.92. The Morgan fingerprint density at radius 3 is 2.56 bits per heavy atom. The summed E-state index contributed by atoms with van der Waals surface area (Å²) in [5, 5.41) is 12.4. The first kappa shape index (κ1) is 12.5. The zero-order valence-electron chi connectivity index (χ0n) is 9.95. The molecule has 1 heterocycles. The van der Waals surface area contributed by atoms with Crippen LogP contribution < -0.4 is 5.32 Å². The van der Waals surface area contributed by atoms with Crippen LogP contribution in [0.4, 0.5) is 5.69 Å². The highest BCUT2D eigenvalue weighted by molar-refractivity contribution is 5.83. The quantitative estimate of drug-likeness (QED) is 0.803. The van der Waals surface area contributed by atoms with Crippen LogP contribution in [-0.2, 0) is 4.79 Å². The zero-order chi connectivity index (χ0) is 12.2. The highest BCUT2D eigenvalue weighted by Gasteiger charge is 2.34. The predicted molar refractivity (Wildman–Crippen MR) is 63.5 cm³/mol. The second-order valence-electron chi connectivity index (χ2n) is 3.91. The Balaban J connectivity index is 3.01. The van der Waals surface area contributed by atoms with E-state index in [-0.39, 0.29) is 0 Å². The third-order valence-electron chi connectivity index (χ3n) is 3.01. The summed E-state index contributed by atoms with van der Waals surface area (Å²) < 4.78 is 0. The monoisotopic (exact) mass is 222 g/mol. The Hall–Kier alpha value is -1.58. The lowest BCUT2D eigenvalue weighted by Crippen LogP contribution is -2.45. The van der Waals surface area contributed by atoms with Crippen molar-refractivity contribution in [3.8, 4) is 0 Å². The average Bonchev–Trinajstić information content (AvgIpc) is 2.28. The SMILES string of the molecule is CCC(CC)(Nc1ccncc1C)C(=O)O. The summed E-state index contributed by atoms with van der Waals surface area (Å²) in [4.78, 5) is 15.3. The first-order valence-corrected chi connectivity index (χ1v) is 5.48.